The fraction of sp³-hybridized carbons (Fsp3) is 0.441. The fourth-order valence-electron chi connectivity index (χ4n) is 5.24. The van der Waals surface area contributed by atoms with E-state index in [-0.39, 0.29) is 23.3 Å². The molecule has 1 saturated heterocycles. The number of sulfonamides is 1. The summed E-state index contributed by atoms with van der Waals surface area (Å²) in [6, 6.07) is 8.27. The molecule has 4 rings (SSSR count). The molecule has 284 valence electrons. The highest BCUT2D eigenvalue weighted by atomic mass is 32.2. The first kappa shape index (κ1) is 40.1. The number of hydrogen-bond donors (Lipinski definition) is 2. The van der Waals surface area contributed by atoms with Crippen LogP contribution in [0.2, 0.25) is 0 Å². The maximum atomic E-state index is 14.4. The van der Waals surface area contributed by atoms with Crippen LogP contribution in [0.5, 0.6) is 17.2 Å². The number of hydrogen-bond acceptors (Lipinski definition) is 10. The predicted molar refractivity (Wildman–Crippen MR) is 180 cm³/mol. The van der Waals surface area contributed by atoms with E-state index in [1.54, 1.807) is 57.2 Å². The number of rotatable bonds is 11. The Kier molecular flexibility index (Phi) is 11.9. The monoisotopic (exact) mass is 758 g/mol. The summed E-state index contributed by atoms with van der Waals surface area (Å²) in [5, 5.41) is 3.82. The Morgan fingerprint density at radius 3 is 2.23 bits per heavy atom. The Balaban J connectivity index is 1.49. The first-order valence-electron chi connectivity index (χ1n) is 15.9. The SMILES string of the molecule is COc1c(NC(=O)c2ccc(C)c(Oc3ccnc(CC4CCN(OC(=O)OC(C)(C)C)CC4)c3)c2)cc(C(F)(F)C(F)(F)F)cc1NS(C)(=O)=O. The lowest BCUT2D eigenvalue weighted by Gasteiger charge is -2.30. The number of halogens is 5. The van der Waals surface area contributed by atoms with E-state index in [0.29, 0.717) is 43.1 Å². The van der Waals surface area contributed by atoms with Gasteiger partial charge in [0, 0.05) is 42.2 Å². The van der Waals surface area contributed by atoms with Crippen molar-refractivity contribution in [1.29, 1.82) is 0 Å². The van der Waals surface area contributed by atoms with E-state index in [4.69, 9.17) is 19.0 Å². The van der Waals surface area contributed by atoms with Crippen molar-refractivity contribution < 1.29 is 59.0 Å². The quantitative estimate of drug-likeness (QED) is 0.148. The number of carbonyl (C=O) groups is 2. The summed E-state index contributed by atoms with van der Waals surface area (Å²) < 4.78 is 111. The lowest BCUT2D eigenvalue weighted by atomic mass is 9.93. The van der Waals surface area contributed by atoms with E-state index in [1.165, 1.54) is 12.1 Å². The van der Waals surface area contributed by atoms with Crippen LogP contribution in [0.25, 0.3) is 0 Å². The Bertz CT molecular complexity index is 1890. The van der Waals surface area contributed by atoms with E-state index in [0.717, 1.165) is 25.6 Å². The zero-order valence-corrected chi connectivity index (χ0v) is 30.0. The average Bonchev–Trinajstić information content (AvgIpc) is 3.01. The summed E-state index contributed by atoms with van der Waals surface area (Å²) >= 11 is 0. The van der Waals surface area contributed by atoms with Gasteiger partial charge in [-0.2, -0.15) is 22.0 Å². The van der Waals surface area contributed by atoms with Crippen molar-refractivity contribution in [3.63, 3.8) is 0 Å². The molecule has 0 spiro atoms. The number of nitrogens with one attached hydrogen (secondary N) is 2. The molecule has 1 fully saturated rings. The van der Waals surface area contributed by atoms with Crippen LogP contribution in [0.15, 0.2) is 48.7 Å². The molecule has 1 aliphatic rings. The summed E-state index contributed by atoms with van der Waals surface area (Å²) in [6.45, 7) is 7.99. The topological polar surface area (TPSA) is 145 Å². The fourth-order valence-corrected chi connectivity index (χ4v) is 5.79. The standard InChI is InChI=1S/C34H39F5N4O8S/c1-20-7-8-22(30(44)41-26-17-23(33(35,36)34(37,38)39)18-27(29(26)48-5)42-52(6,46)47)16-28(20)49-25-9-12-40-24(19-25)15-21-10-13-43(14-11-21)51-31(45)50-32(2,3)4/h7-9,12,16-19,21,42H,10-11,13-15H2,1-6H3,(H,41,44). The average molecular weight is 759 g/mol. The minimum atomic E-state index is -6.03. The van der Waals surface area contributed by atoms with Gasteiger partial charge >= 0.3 is 18.3 Å². The van der Waals surface area contributed by atoms with Crippen molar-refractivity contribution in [3.8, 4) is 17.2 Å². The molecule has 0 unspecified atom stereocenters. The number of ether oxygens (including phenoxy) is 3. The number of pyridine rings is 1. The van der Waals surface area contributed by atoms with Crippen molar-refractivity contribution >= 4 is 33.5 Å². The summed E-state index contributed by atoms with van der Waals surface area (Å²) in [7, 11) is -3.16. The molecule has 0 radical (unpaired) electrons. The first-order chi connectivity index (χ1) is 24.0. The molecule has 2 N–H and O–H groups in total. The zero-order chi connectivity index (χ0) is 38.6. The number of carbonyl (C=O) groups excluding carboxylic acids is 2. The van der Waals surface area contributed by atoms with Crippen LogP contribution >= 0.6 is 0 Å². The van der Waals surface area contributed by atoms with Crippen molar-refractivity contribution in [2.75, 3.05) is 36.5 Å². The second-order valence-corrected chi connectivity index (χ2v) is 15.0. The Labute approximate surface area is 297 Å². The van der Waals surface area contributed by atoms with Crippen LogP contribution in [0, 0.1) is 12.8 Å². The van der Waals surface area contributed by atoms with Crippen LogP contribution in [0.3, 0.4) is 0 Å². The van der Waals surface area contributed by atoms with E-state index < -0.39 is 62.5 Å². The van der Waals surface area contributed by atoms with Crippen LogP contribution in [0.1, 0.15) is 60.8 Å². The molecule has 1 aliphatic heterocycles. The lowest BCUT2D eigenvalue weighted by Crippen LogP contribution is -2.38. The number of alkyl halides is 5. The molecule has 12 nitrogen and oxygen atoms in total. The van der Waals surface area contributed by atoms with Gasteiger partial charge in [0.15, 0.2) is 5.75 Å². The maximum absolute atomic E-state index is 14.4. The van der Waals surface area contributed by atoms with Crippen molar-refractivity contribution in [1.82, 2.24) is 10.0 Å². The molecule has 2 aromatic carbocycles. The Morgan fingerprint density at radius 2 is 1.63 bits per heavy atom. The smallest absolute Gasteiger partial charge is 0.492 e. The molecule has 0 bridgehead atoms. The van der Waals surface area contributed by atoms with Crippen LogP contribution in [-0.4, -0.2) is 68.8 Å². The third-order valence-electron chi connectivity index (χ3n) is 7.69. The molecule has 52 heavy (non-hydrogen) atoms. The van der Waals surface area contributed by atoms with Gasteiger partial charge in [-0.25, -0.2) is 13.2 Å². The number of benzene rings is 2. The third kappa shape index (κ3) is 10.7. The van der Waals surface area contributed by atoms with Gasteiger partial charge in [-0.3, -0.25) is 14.5 Å². The molecule has 0 atom stereocenters. The van der Waals surface area contributed by atoms with E-state index in [1.807, 2.05) is 4.72 Å². The second-order valence-electron chi connectivity index (χ2n) is 13.2. The van der Waals surface area contributed by atoms with Gasteiger partial charge in [-0.15, -0.1) is 5.06 Å². The number of amides is 1. The minimum absolute atomic E-state index is 0.0668. The molecular formula is C34H39F5N4O8S. The molecule has 0 aliphatic carbocycles. The zero-order valence-electron chi connectivity index (χ0n) is 29.2. The van der Waals surface area contributed by atoms with Gasteiger partial charge in [-0.1, -0.05) is 6.07 Å². The molecule has 3 aromatic rings. The van der Waals surface area contributed by atoms with E-state index in [9.17, 15) is 40.0 Å². The molecule has 1 aromatic heterocycles. The Morgan fingerprint density at radius 1 is 0.981 bits per heavy atom. The largest absolute Gasteiger partial charge is 0.528 e. The summed E-state index contributed by atoms with van der Waals surface area (Å²) in [5.41, 5.74) is -2.43. The summed E-state index contributed by atoms with van der Waals surface area (Å²) in [4.78, 5) is 35.1. The highest BCUT2D eigenvalue weighted by molar-refractivity contribution is 7.92. The summed E-state index contributed by atoms with van der Waals surface area (Å²) in [5.74, 6) is -5.98. The maximum Gasteiger partial charge on any atom is 0.528 e. The van der Waals surface area contributed by atoms with Crippen LogP contribution in [-0.2, 0) is 31.9 Å². The number of hydroxylamine groups is 2. The third-order valence-corrected chi connectivity index (χ3v) is 8.28. The predicted octanol–water partition coefficient (Wildman–Crippen LogP) is 7.59. The minimum Gasteiger partial charge on any atom is -0.492 e. The van der Waals surface area contributed by atoms with Gasteiger partial charge in [0.2, 0.25) is 10.0 Å². The van der Waals surface area contributed by atoms with Crippen molar-refractivity contribution in [2.45, 2.75) is 64.7 Å². The Hall–Kier alpha value is -4.71. The van der Waals surface area contributed by atoms with Crippen molar-refractivity contribution in [2.24, 2.45) is 5.92 Å². The van der Waals surface area contributed by atoms with Gasteiger partial charge < -0.3 is 24.4 Å². The van der Waals surface area contributed by atoms with Gasteiger partial charge in [0.1, 0.15) is 17.1 Å². The highest BCUT2D eigenvalue weighted by Gasteiger charge is 2.59. The molecule has 2 heterocycles. The van der Waals surface area contributed by atoms with E-state index in [2.05, 4.69) is 10.3 Å². The lowest BCUT2D eigenvalue weighted by molar-refractivity contribution is -0.289. The number of aromatic nitrogens is 1. The van der Waals surface area contributed by atoms with Gasteiger partial charge in [0.25, 0.3) is 5.91 Å². The van der Waals surface area contributed by atoms with Crippen LogP contribution in [0.4, 0.5) is 38.1 Å². The molecule has 1 amide bonds. The second kappa shape index (κ2) is 15.5. The normalized spacial score (nSPS) is 14.8. The van der Waals surface area contributed by atoms with E-state index >= 15 is 0 Å². The summed E-state index contributed by atoms with van der Waals surface area (Å²) in [6.07, 6.45) is -2.48. The molecule has 0 saturated carbocycles. The number of methoxy groups -OCH3 is 1. The van der Waals surface area contributed by atoms with Crippen molar-refractivity contribution in [3.05, 3.63) is 71.0 Å². The number of piperidine rings is 1. The van der Waals surface area contributed by atoms with Gasteiger partial charge in [-0.05, 0) is 88.8 Å². The molecular weight excluding hydrogens is 719 g/mol. The van der Waals surface area contributed by atoms with Crippen LogP contribution < -0.4 is 19.5 Å². The number of aryl methyl sites for hydroxylation is 1. The highest BCUT2D eigenvalue weighted by Crippen LogP contribution is 2.48. The number of nitrogens with zero attached hydrogens (tertiary/aromatic N) is 2. The van der Waals surface area contributed by atoms with Gasteiger partial charge in [0.05, 0.1) is 24.7 Å². The number of anilines is 2. The first-order valence-corrected chi connectivity index (χ1v) is 17.8. The molecule has 18 heteroatoms.